The molecule has 0 amide bonds. The van der Waals surface area contributed by atoms with E-state index in [-0.39, 0.29) is 29.6 Å². The molecule has 1 aromatic heterocycles. The first-order valence-electron chi connectivity index (χ1n) is 9.15. The van der Waals surface area contributed by atoms with E-state index in [0.717, 1.165) is 0 Å². The summed E-state index contributed by atoms with van der Waals surface area (Å²) in [6, 6.07) is 4.28. The Morgan fingerprint density at radius 2 is 2.00 bits per heavy atom. The second-order valence-electron chi connectivity index (χ2n) is 6.04. The molecule has 0 bridgehead atoms. The number of anilines is 2. The summed E-state index contributed by atoms with van der Waals surface area (Å²) >= 11 is 0. The number of hydrogen-bond donors (Lipinski definition) is 1. The fraction of sp³-hybridized carbons (Fsp3) is 0.421. The first-order chi connectivity index (χ1) is 13.5. The molecule has 150 valence electrons. The molecule has 9 heteroatoms. The van der Waals surface area contributed by atoms with Crippen LogP contribution in [0.25, 0.3) is 11.4 Å². The molecule has 1 fully saturated rings. The van der Waals surface area contributed by atoms with Crippen LogP contribution in [0.3, 0.4) is 0 Å². The van der Waals surface area contributed by atoms with Crippen LogP contribution in [0.15, 0.2) is 18.2 Å². The third-order valence-electron chi connectivity index (χ3n) is 4.17. The van der Waals surface area contributed by atoms with E-state index in [2.05, 4.69) is 9.97 Å². The number of aromatic nitrogens is 2. The molecule has 0 saturated carbocycles. The standard InChI is InChI=1S/C19H23FN4O4/c1-3-27-16-15(19(25)28-4-2)22-17(12-5-6-14(21)13(20)11-12)23-18(16)24-7-9-26-10-8-24/h5-6,11H,3-4,7-10,21H2,1-2H3. The van der Waals surface area contributed by atoms with Crippen molar-refractivity contribution in [2.24, 2.45) is 0 Å². The van der Waals surface area contributed by atoms with E-state index in [1.165, 1.54) is 12.1 Å². The van der Waals surface area contributed by atoms with Crippen molar-refractivity contribution in [1.29, 1.82) is 0 Å². The number of esters is 1. The molecule has 1 aliphatic rings. The van der Waals surface area contributed by atoms with Gasteiger partial charge in [-0.2, -0.15) is 0 Å². The predicted molar refractivity (Wildman–Crippen MR) is 102 cm³/mol. The highest BCUT2D eigenvalue weighted by molar-refractivity contribution is 5.93. The summed E-state index contributed by atoms with van der Waals surface area (Å²) in [6.07, 6.45) is 0. The topological polar surface area (TPSA) is 99.8 Å². The minimum Gasteiger partial charge on any atom is -0.488 e. The number of benzene rings is 1. The normalized spacial score (nSPS) is 14.0. The molecule has 1 saturated heterocycles. The summed E-state index contributed by atoms with van der Waals surface area (Å²) in [7, 11) is 0. The molecule has 0 radical (unpaired) electrons. The Morgan fingerprint density at radius 3 is 2.64 bits per heavy atom. The Balaban J connectivity index is 2.17. The summed E-state index contributed by atoms with van der Waals surface area (Å²) in [4.78, 5) is 23.4. The van der Waals surface area contributed by atoms with Crippen molar-refractivity contribution in [3.05, 3.63) is 29.7 Å². The van der Waals surface area contributed by atoms with Crippen molar-refractivity contribution in [2.75, 3.05) is 50.2 Å². The van der Waals surface area contributed by atoms with Gasteiger partial charge in [-0.05, 0) is 32.0 Å². The largest absolute Gasteiger partial charge is 0.488 e. The summed E-state index contributed by atoms with van der Waals surface area (Å²) in [5, 5.41) is 0. The Kier molecular flexibility index (Phi) is 6.25. The second-order valence-corrected chi connectivity index (χ2v) is 6.04. The van der Waals surface area contributed by atoms with Crippen molar-refractivity contribution < 1.29 is 23.4 Å². The van der Waals surface area contributed by atoms with Gasteiger partial charge in [-0.3, -0.25) is 0 Å². The van der Waals surface area contributed by atoms with Crippen molar-refractivity contribution >= 4 is 17.5 Å². The lowest BCUT2D eigenvalue weighted by molar-refractivity contribution is 0.0514. The van der Waals surface area contributed by atoms with Crippen molar-refractivity contribution in [2.45, 2.75) is 13.8 Å². The van der Waals surface area contributed by atoms with Crippen molar-refractivity contribution in [1.82, 2.24) is 9.97 Å². The maximum atomic E-state index is 14.0. The average Bonchev–Trinajstić information content (AvgIpc) is 2.71. The highest BCUT2D eigenvalue weighted by Crippen LogP contribution is 2.33. The number of nitrogens with zero attached hydrogens (tertiary/aromatic N) is 3. The Morgan fingerprint density at radius 1 is 1.25 bits per heavy atom. The van der Waals surface area contributed by atoms with E-state index in [1.54, 1.807) is 19.9 Å². The third kappa shape index (κ3) is 4.14. The minimum atomic E-state index is -0.625. The van der Waals surface area contributed by atoms with Crippen molar-refractivity contribution in [3.63, 3.8) is 0 Å². The number of halogens is 1. The smallest absolute Gasteiger partial charge is 0.361 e. The molecule has 28 heavy (non-hydrogen) atoms. The van der Waals surface area contributed by atoms with E-state index < -0.39 is 11.8 Å². The van der Waals surface area contributed by atoms with E-state index in [1.807, 2.05) is 4.90 Å². The highest BCUT2D eigenvalue weighted by atomic mass is 19.1. The minimum absolute atomic E-state index is 0.00687. The first kappa shape index (κ1) is 19.8. The van der Waals surface area contributed by atoms with Gasteiger partial charge in [0.05, 0.1) is 32.1 Å². The van der Waals surface area contributed by atoms with Crippen LogP contribution in [-0.2, 0) is 9.47 Å². The van der Waals surface area contributed by atoms with Gasteiger partial charge in [0.15, 0.2) is 23.1 Å². The number of nitrogen functional groups attached to an aromatic ring is 1. The van der Waals surface area contributed by atoms with Crippen LogP contribution in [-0.4, -0.2) is 55.5 Å². The fourth-order valence-electron chi connectivity index (χ4n) is 2.84. The van der Waals surface area contributed by atoms with Crippen LogP contribution >= 0.6 is 0 Å². The number of rotatable bonds is 6. The summed E-state index contributed by atoms with van der Waals surface area (Å²) in [6.45, 7) is 6.23. The average molecular weight is 390 g/mol. The van der Waals surface area contributed by atoms with Gasteiger partial charge < -0.3 is 24.8 Å². The molecular formula is C19H23FN4O4. The maximum absolute atomic E-state index is 14.0. The molecule has 2 aromatic rings. The van der Waals surface area contributed by atoms with Gasteiger partial charge >= 0.3 is 5.97 Å². The van der Waals surface area contributed by atoms with E-state index in [9.17, 15) is 9.18 Å². The van der Waals surface area contributed by atoms with E-state index >= 15 is 0 Å². The van der Waals surface area contributed by atoms with Crippen LogP contribution in [0.1, 0.15) is 24.3 Å². The fourth-order valence-corrected chi connectivity index (χ4v) is 2.84. The molecule has 1 aliphatic heterocycles. The molecule has 8 nitrogen and oxygen atoms in total. The monoisotopic (exact) mass is 390 g/mol. The molecule has 3 rings (SSSR count). The number of carbonyl (C=O) groups is 1. The molecule has 2 heterocycles. The molecule has 0 aliphatic carbocycles. The van der Waals surface area contributed by atoms with Crippen LogP contribution in [0, 0.1) is 5.82 Å². The number of carbonyl (C=O) groups excluding carboxylic acids is 1. The summed E-state index contributed by atoms with van der Waals surface area (Å²) in [5.41, 5.74) is 5.99. The van der Waals surface area contributed by atoms with Gasteiger partial charge in [-0.1, -0.05) is 0 Å². The van der Waals surface area contributed by atoms with Gasteiger partial charge in [0.25, 0.3) is 0 Å². The molecule has 0 unspecified atom stereocenters. The number of morpholine rings is 1. The van der Waals surface area contributed by atoms with Crippen LogP contribution < -0.4 is 15.4 Å². The molecule has 0 atom stereocenters. The summed E-state index contributed by atoms with van der Waals surface area (Å²) < 4.78 is 30.2. The van der Waals surface area contributed by atoms with E-state index in [0.29, 0.717) is 44.3 Å². The number of nitrogens with two attached hydrogens (primary N) is 1. The Hall–Kier alpha value is -2.94. The first-order valence-corrected chi connectivity index (χ1v) is 9.15. The zero-order chi connectivity index (χ0) is 20.1. The lowest BCUT2D eigenvalue weighted by Crippen LogP contribution is -2.37. The van der Waals surface area contributed by atoms with Crippen molar-refractivity contribution in [3.8, 4) is 17.1 Å². The third-order valence-corrected chi connectivity index (χ3v) is 4.17. The number of hydrogen-bond acceptors (Lipinski definition) is 8. The highest BCUT2D eigenvalue weighted by Gasteiger charge is 2.27. The van der Waals surface area contributed by atoms with Crippen LogP contribution in [0.5, 0.6) is 5.75 Å². The van der Waals surface area contributed by atoms with E-state index in [4.69, 9.17) is 19.9 Å². The predicted octanol–water partition coefficient (Wildman–Crippen LogP) is 2.28. The molecule has 0 spiro atoms. The summed E-state index contributed by atoms with van der Waals surface area (Å²) in [5.74, 6) is -0.314. The SMILES string of the molecule is CCOC(=O)c1nc(-c2ccc(N)c(F)c2)nc(N2CCOCC2)c1OCC. The van der Waals surface area contributed by atoms with Gasteiger partial charge in [0.1, 0.15) is 5.82 Å². The van der Waals surface area contributed by atoms with Gasteiger partial charge in [-0.25, -0.2) is 19.2 Å². The molecule has 2 N–H and O–H groups in total. The molecular weight excluding hydrogens is 367 g/mol. The van der Waals surface area contributed by atoms with Crippen LogP contribution in [0.4, 0.5) is 15.9 Å². The van der Waals surface area contributed by atoms with Gasteiger partial charge in [-0.15, -0.1) is 0 Å². The second kappa shape index (κ2) is 8.83. The Bertz CT molecular complexity index is 856. The quantitative estimate of drug-likeness (QED) is 0.592. The van der Waals surface area contributed by atoms with Gasteiger partial charge in [0, 0.05) is 18.7 Å². The lowest BCUT2D eigenvalue weighted by Gasteiger charge is -2.29. The van der Waals surface area contributed by atoms with Crippen LogP contribution in [0.2, 0.25) is 0 Å². The number of ether oxygens (including phenoxy) is 3. The zero-order valence-corrected chi connectivity index (χ0v) is 15.9. The Labute approximate surface area is 162 Å². The maximum Gasteiger partial charge on any atom is 0.361 e. The van der Waals surface area contributed by atoms with Gasteiger partial charge in [0.2, 0.25) is 0 Å². The lowest BCUT2D eigenvalue weighted by atomic mass is 10.1. The zero-order valence-electron chi connectivity index (χ0n) is 15.9. The molecule has 1 aromatic carbocycles.